The van der Waals surface area contributed by atoms with E-state index in [-0.39, 0.29) is 6.61 Å². The van der Waals surface area contributed by atoms with E-state index in [1.165, 1.54) is 0 Å². The van der Waals surface area contributed by atoms with Crippen molar-refractivity contribution in [3.8, 4) is 5.75 Å². The number of aryl methyl sites for hydroxylation is 1. The van der Waals surface area contributed by atoms with E-state index in [1.807, 2.05) is 43.1 Å². The number of hydrogen-bond acceptors (Lipinski definition) is 4. The first-order valence-electron chi connectivity index (χ1n) is 6.17. The van der Waals surface area contributed by atoms with E-state index in [1.54, 1.807) is 18.5 Å². The Morgan fingerprint density at radius 2 is 2.15 bits per heavy atom. The average molecular weight is 272 g/mol. The van der Waals surface area contributed by atoms with Crippen LogP contribution in [0.1, 0.15) is 5.56 Å². The molecule has 1 heterocycles. The Labute approximate surface area is 117 Å². The predicted octanol–water partition coefficient (Wildman–Crippen LogP) is 2.62. The maximum atomic E-state index is 10.5. The molecule has 0 saturated carbocycles. The van der Waals surface area contributed by atoms with Crippen molar-refractivity contribution in [2.75, 3.05) is 18.6 Å². The molecule has 2 rings (SSSR count). The summed E-state index contributed by atoms with van der Waals surface area (Å²) in [7, 11) is 1.95. The standard InChI is InChI=1S/C15H16N2O3/c1-11-8-12(5-6-14(11)20-10-15(18)19)17(2)13-4-3-7-16-9-13/h3-9H,10H2,1-2H3,(H,18,19). The predicted molar refractivity (Wildman–Crippen MR) is 76.6 cm³/mol. The molecule has 0 aliphatic heterocycles. The Balaban J connectivity index is 2.18. The number of ether oxygens (including phenoxy) is 1. The van der Waals surface area contributed by atoms with Crippen LogP contribution in [0.4, 0.5) is 11.4 Å². The minimum atomic E-state index is -0.985. The first-order chi connectivity index (χ1) is 9.58. The molecule has 0 aliphatic rings. The zero-order valence-corrected chi connectivity index (χ0v) is 11.4. The number of benzene rings is 1. The van der Waals surface area contributed by atoms with Crippen LogP contribution in [0.2, 0.25) is 0 Å². The Morgan fingerprint density at radius 1 is 1.35 bits per heavy atom. The minimum absolute atomic E-state index is 0.335. The van der Waals surface area contributed by atoms with Crippen LogP contribution in [0.5, 0.6) is 5.75 Å². The second kappa shape index (κ2) is 6.06. The molecule has 5 heteroatoms. The maximum Gasteiger partial charge on any atom is 0.341 e. The fraction of sp³-hybridized carbons (Fsp3) is 0.200. The van der Waals surface area contributed by atoms with E-state index in [2.05, 4.69) is 4.98 Å². The molecule has 104 valence electrons. The Hall–Kier alpha value is -2.56. The van der Waals surface area contributed by atoms with Gasteiger partial charge < -0.3 is 14.7 Å². The minimum Gasteiger partial charge on any atom is -0.482 e. The summed E-state index contributed by atoms with van der Waals surface area (Å²) in [6, 6.07) is 9.46. The van der Waals surface area contributed by atoms with Gasteiger partial charge in [0.1, 0.15) is 5.75 Å². The van der Waals surface area contributed by atoms with Crippen molar-refractivity contribution in [2.45, 2.75) is 6.92 Å². The van der Waals surface area contributed by atoms with Crippen LogP contribution in [0.25, 0.3) is 0 Å². The number of carbonyl (C=O) groups is 1. The Kier molecular flexibility index (Phi) is 4.20. The zero-order valence-electron chi connectivity index (χ0n) is 11.4. The molecule has 0 saturated heterocycles. The number of aliphatic carboxylic acids is 1. The van der Waals surface area contributed by atoms with Gasteiger partial charge in [-0.25, -0.2) is 4.79 Å². The van der Waals surface area contributed by atoms with E-state index in [0.717, 1.165) is 16.9 Å². The second-order valence-electron chi connectivity index (χ2n) is 4.40. The van der Waals surface area contributed by atoms with Crippen molar-refractivity contribution in [1.29, 1.82) is 0 Å². The van der Waals surface area contributed by atoms with Crippen molar-refractivity contribution in [1.82, 2.24) is 4.98 Å². The summed E-state index contributed by atoms with van der Waals surface area (Å²) in [6.07, 6.45) is 3.51. The highest BCUT2D eigenvalue weighted by Gasteiger charge is 2.08. The normalized spacial score (nSPS) is 10.1. The number of aromatic nitrogens is 1. The molecule has 0 radical (unpaired) electrons. The zero-order chi connectivity index (χ0) is 14.5. The molecule has 5 nitrogen and oxygen atoms in total. The maximum absolute atomic E-state index is 10.5. The number of carboxylic acids is 1. The molecule has 20 heavy (non-hydrogen) atoms. The first-order valence-corrected chi connectivity index (χ1v) is 6.17. The summed E-state index contributed by atoms with van der Waals surface area (Å²) in [6.45, 7) is 1.55. The van der Waals surface area contributed by atoms with Gasteiger partial charge in [0, 0.05) is 18.9 Å². The van der Waals surface area contributed by atoms with E-state index in [0.29, 0.717) is 5.75 Å². The van der Waals surface area contributed by atoms with Gasteiger partial charge in [-0.15, -0.1) is 0 Å². The molecule has 0 spiro atoms. The molecule has 0 unspecified atom stereocenters. The lowest BCUT2D eigenvalue weighted by molar-refractivity contribution is -0.139. The Morgan fingerprint density at radius 3 is 2.75 bits per heavy atom. The van der Waals surface area contributed by atoms with Gasteiger partial charge in [-0.2, -0.15) is 0 Å². The molecule has 1 aromatic heterocycles. The summed E-state index contributed by atoms with van der Waals surface area (Å²) in [5, 5.41) is 8.62. The molecule has 0 fully saturated rings. The largest absolute Gasteiger partial charge is 0.482 e. The van der Waals surface area contributed by atoms with Gasteiger partial charge >= 0.3 is 5.97 Å². The summed E-state index contributed by atoms with van der Waals surface area (Å²) < 4.78 is 5.21. The second-order valence-corrected chi connectivity index (χ2v) is 4.40. The van der Waals surface area contributed by atoms with E-state index in [9.17, 15) is 4.79 Å². The molecular weight excluding hydrogens is 256 g/mol. The van der Waals surface area contributed by atoms with Crippen molar-refractivity contribution in [3.63, 3.8) is 0 Å². The summed E-state index contributed by atoms with van der Waals surface area (Å²) in [4.78, 5) is 16.6. The van der Waals surface area contributed by atoms with Crippen LogP contribution in [-0.4, -0.2) is 29.7 Å². The van der Waals surface area contributed by atoms with E-state index in [4.69, 9.17) is 9.84 Å². The lowest BCUT2D eigenvalue weighted by Crippen LogP contribution is -2.12. The number of hydrogen-bond donors (Lipinski definition) is 1. The SMILES string of the molecule is Cc1cc(N(C)c2cccnc2)ccc1OCC(=O)O. The third-order valence-corrected chi connectivity index (χ3v) is 2.93. The smallest absolute Gasteiger partial charge is 0.341 e. The lowest BCUT2D eigenvalue weighted by atomic mass is 10.2. The highest BCUT2D eigenvalue weighted by molar-refractivity contribution is 5.69. The fourth-order valence-corrected chi connectivity index (χ4v) is 1.84. The van der Waals surface area contributed by atoms with Crippen molar-refractivity contribution in [2.24, 2.45) is 0 Å². The molecule has 0 amide bonds. The highest BCUT2D eigenvalue weighted by Crippen LogP contribution is 2.27. The van der Waals surface area contributed by atoms with Crippen LogP contribution in [0.3, 0.4) is 0 Å². The summed E-state index contributed by atoms with van der Waals surface area (Å²) in [5.41, 5.74) is 2.85. The first kappa shape index (κ1) is 13.9. The van der Waals surface area contributed by atoms with Gasteiger partial charge in [0.15, 0.2) is 6.61 Å². The molecule has 2 aromatic rings. The third-order valence-electron chi connectivity index (χ3n) is 2.93. The monoisotopic (exact) mass is 272 g/mol. The van der Waals surface area contributed by atoms with Crippen molar-refractivity contribution >= 4 is 17.3 Å². The van der Waals surface area contributed by atoms with Crippen LogP contribution >= 0.6 is 0 Å². The number of pyridine rings is 1. The van der Waals surface area contributed by atoms with E-state index < -0.39 is 5.97 Å². The van der Waals surface area contributed by atoms with Crippen molar-refractivity contribution < 1.29 is 14.6 Å². The average Bonchev–Trinajstić information content (AvgIpc) is 2.46. The lowest BCUT2D eigenvalue weighted by Gasteiger charge is -2.20. The number of rotatable bonds is 5. The van der Waals surface area contributed by atoms with Gasteiger partial charge in [0.05, 0.1) is 11.9 Å². The van der Waals surface area contributed by atoms with E-state index >= 15 is 0 Å². The van der Waals surface area contributed by atoms with Gasteiger partial charge in [-0.1, -0.05) is 0 Å². The van der Waals surface area contributed by atoms with Crippen LogP contribution in [0.15, 0.2) is 42.7 Å². The number of carboxylic acid groups (broad SMARTS) is 1. The number of anilines is 2. The summed E-state index contributed by atoms with van der Waals surface area (Å²) >= 11 is 0. The topological polar surface area (TPSA) is 62.7 Å². The van der Waals surface area contributed by atoms with Crippen LogP contribution in [-0.2, 0) is 4.79 Å². The van der Waals surface area contributed by atoms with Crippen LogP contribution in [0, 0.1) is 6.92 Å². The molecule has 0 aliphatic carbocycles. The third kappa shape index (κ3) is 3.26. The fourth-order valence-electron chi connectivity index (χ4n) is 1.84. The molecular formula is C15H16N2O3. The summed E-state index contributed by atoms with van der Waals surface area (Å²) in [5.74, 6) is -0.406. The van der Waals surface area contributed by atoms with Crippen molar-refractivity contribution in [3.05, 3.63) is 48.3 Å². The number of nitrogens with zero attached hydrogens (tertiary/aromatic N) is 2. The molecule has 0 bridgehead atoms. The Bertz CT molecular complexity index is 599. The molecule has 1 aromatic carbocycles. The van der Waals surface area contributed by atoms with Gasteiger partial charge in [0.2, 0.25) is 0 Å². The highest BCUT2D eigenvalue weighted by atomic mass is 16.5. The van der Waals surface area contributed by atoms with Crippen LogP contribution < -0.4 is 9.64 Å². The molecule has 0 atom stereocenters. The van der Waals surface area contributed by atoms with Gasteiger partial charge in [-0.3, -0.25) is 4.98 Å². The quantitative estimate of drug-likeness (QED) is 0.906. The van der Waals surface area contributed by atoms with Gasteiger partial charge in [0.25, 0.3) is 0 Å². The van der Waals surface area contributed by atoms with Gasteiger partial charge in [-0.05, 0) is 42.8 Å². The molecule has 1 N–H and O–H groups in total.